The predicted molar refractivity (Wildman–Crippen MR) is 81.9 cm³/mol. The van der Waals surface area contributed by atoms with Crippen LogP contribution in [0.5, 0.6) is 0 Å². The fourth-order valence-corrected chi connectivity index (χ4v) is 2.02. The van der Waals surface area contributed by atoms with Gasteiger partial charge in [-0.3, -0.25) is 20.3 Å². The SMILES string of the molecule is CCCn1nc(-c2cccc([N+](=O)[O-])c2)cc(C(=N)N)c1=O. The van der Waals surface area contributed by atoms with Crippen LogP contribution in [-0.2, 0) is 6.54 Å². The average Bonchev–Trinajstić information content (AvgIpc) is 2.49. The highest BCUT2D eigenvalue weighted by Crippen LogP contribution is 2.22. The highest BCUT2D eigenvalue weighted by molar-refractivity contribution is 5.95. The molecule has 0 aliphatic heterocycles. The lowest BCUT2D eigenvalue weighted by Gasteiger charge is -2.09. The number of aryl methyl sites for hydroxylation is 1. The predicted octanol–water partition coefficient (Wildman–Crippen LogP) is 1.51. The number of nitrogen functional groups attached to an aromatic ring is 1. The molecule has 8 nitrogen and oxygen atoms in total. The van der Waals surface area contributed by atoms with Crippen LogP contribution < -0.4 is 11.3 Å². The Labute approximate surface area is 125 Å². The van der Waals surface area contributed by atoms with Gasteiger partial charge in [-0.2, -0.15) is 5.10 Å². The minimum absolute atomic E-state index is 0.0324. The Morgan fingerprint density at radius 3 is 2.77 bits per heavy atom. The number of benzene rings is 1. The number of nitrogens with two attached hydrogens (primary N) is 1. The number of nitro benzene ring substituents is 1. The molecule has 0 saturated carbocycles. The molecule has 1 aromatic heterocycles. The molecule has 2 aromatic rings. The van der Waals surface area contributed by atoms with Crippen LogP contribution in [-0.4, -0.2) is 20.5 Å². The van der Waals surface area contributed by atoms with Gasteiger partial charge in [0.1, 0.15) is 5.84 Å². The third-order valence-corrected chi connectivity index (χ3v) is 3.05. The van der Waals surface area contributed by atoms with Crippen molar-refractivity contribution in [2.24, 2.45) is 5.73 Å². The van der Waals surface area contributed by atoms with Crippen molar-refractivity contribution in [2.45, 2.75) is 19.9 Å². The Kier molecular flexibility index (Phi) is 4.31. The Morgan fingerprint density at radius 2 is 2.18 bits per heavy atom. The molecule has 0 radical (unpaired) electrons. The zero-order valence-corrected chi connectivity index (χ0v) is 11.9. The molecule has 0 spiro atoms. The second kappa shape index (κ2) is 6.17. The van der Waals surface area contributed by atoms with Crippen LogP contribution in [0.2, 0.25) is 0 Å². The van der Waals surface area contributed by atoms with Crippen LogP contribution in [0.4, 0.5) is 5.69 Å². The molecule has 0 saturated heterocycles. The minimum Gasteiger partial charge on any atom is -0.384 e. The number of hydrogen-bond donors (Lipinski definition) is 2. The summed E-state index contributed by atoms with van der Waals surface area (Å²) in [6.07, 6.45) is 0.683. The first kappa shape index (κ1) is 15.4. The zero-order chi connectivity index (χ0) is 16.3. The molecule has 22 heavy (non-hydrogen) atoms. The van der Waals surface area contributed by atoms with Crippen molar-refractivity contribution in [3.8, 4) is 11.3 Å². The molecule has 1 heterocycles. The summed E-state index contributed by atoms with van der Waals surface area (Å²) in [5.41, 5.74) is 5.81. The van der Waals surface area contributed by atoms with E-state index in [-0.39, 0.29) is 17.1 Å². The van der Waals surface area contributed by atoms with Crippen LogP contribution in [0.3, 0.4) is 0 Å². The van der Waals surface area contributed by atoms with Crippen molar-refractivity contribution in [3.05, 3.63) is 56.4 Å². The number of hydrogen-bond acceptors (Lipinski definition) is 5. The Morgan fingerprint density at radius 1 is 1.45 bits per heavy atom. The molecule has 0 bridgehead atoms. The number of non-ortho nitro benzene ring substituents is 1. The second-order valence-electron chi connectivity index (χ2n) is 4.69. The summed E-state index contributed by atoms with van der Waals surface area (Å²) < 4.78 is 1.23. The van der Waals surface area contributed by atoms with E-state index in [1.807, 2.05) is 6.92 Å². The van der Waals surface area contributed by atoms with E-state index < -0.39 is 10.5 Å². The van der Waals surface area contributed by atoms with E-state index in [2.05, 4.69) is 5.10 Å². The molecular weight excluding hydrogens is 286 g/mol. The first-order valence-electron chi connectivity index (χ1n) is 6.65. The molecular formula is C14H15N5O3. The number of nitro groups is 1. The number of aromatic nitrogens is 2. The van der Waals surface area contributed by atoms with Crippen molar-refractivity contribution < 1.29 is 4.92 Å². The molecule has 0 unspecified atom stereocenters. The van der Waals surface area contributed by atoms with Crippen LogP contribution in [0, 0.1) is 15.5 Å². The maximum Gasteiger partial charge on any atom is 0.277 e. The molecule has 3 N–H and O–H groups in total. The fourth-order valence-electron chi connectivity index (χ4n) is 2.02. The monoisotopic (exact) mass is 301 g/mol. The summed E-state index contributed by atoms with van der Waals surface area (Å²) >= 11 is 0. The first-order chi connectivity index (χ1) is 10.4. The van der Waals surface area contributed by atoms with E-state index in [4.69, 9.17) is 11.1 Å². The maximum atomic E-state index is 12.1. The average molecular weight is 301 g/mol. The van der Waals surface area contributed by atoms with Gasteiger partial charge in [-0.05, 0) is 12.5 Å². The van der Waals surface area contributed by atoms with E-state index in [0.29, 0.717) is 24.2 Å². The van der Waals surface area contributed by atoms with Gasteiger partial charge in [-0.15, -0.1) is 0 Å². The van der Waals surface area contributed by atoms with E-state index in [9.17, 15) is 14.9 Å². The first-order valence-corrected chi connectivity index (χ1v) is 6.65. The van der Waals surface area contributed by atoms with E-state index >= 15 is 0 Å². The van der Waals surface area contributed by atoms with Crippen molar-refractivity contribution in [2.75, 3.05) is 0 Å². The highest BCUT2D eigenvalue weighted by atomic mass is 16.6. The normalized spacial score (nSPS) is 10.4. The molecule has 2 rings (SSSR count). The third kappa shape index (κ3) is 3.00. The van der Waals surface area contributed by atoms with Gasteiger partial charge in [0.05, 0.1) is 16.2 Å². The third-order valence-electron chi connectivity index (χ3n) is 3.05. The smallest absolute Gasteiger partial charge is 0.277 e. The summed E-state index contributed by atoms with van der Waals surface area (Å²) in [5, 5.41) is 22.6. The molecule has 0 atom stereocenters. The minimum atomic E-state index is -0.503. The van der Waals surface area contributed by atoms with Crippen molar-refractivity contribution in [3.63, 3.8) is 0 Å². The molecule has 0 aliphatic rings. The van der Waals surface area contributed by atoms with Gasteiger partial charge in [0.25, 0.3) is 11.2 Å². The topological polar surface area (TPSA) is 128 Å². The van der Waals surface area contributed by atoms with Crippen molar-refractivity contribution in [1.82, 2.24) is 9.78 Å². The van der Waals surface area contributed by atoms with Gasteiger partial charge in [-0.25, -0.2) is 4.68 Å². The van der Waals surface area contributed by atoms with E-state index in [1.54, 1.807) is 6.07 Å². The maximum absolute atomic E-state index is 12.1. The van der Waals surface area contributed by atoms with E-state index in [1.165, 1.54) is 28.9 Å². The fraction of sp³-hybridized carbons (Fsp3) is 0.214. The lowest BCUT2D eigenvalue weighted by Crippen LogP contribution is -2.31. The Hall–Kier alpha value is -3.03. The van der Waals surface area contributed by atoms with Crippen LogP contribution >= 0.6 is 0 Å². The van der Waals surface area contributed by atoms with Crippen LogP contribution in [0.1, 0.15) is 18.9 Å². The lowest BCUT2D eigenvalue weighted by atomic mass is 10.1. The molecule has 0 aliphatic carbocycles. The van der Waals surface area contributed by atoms with Crippen LogP contribution in [0.15, 0.2) is 35.1 Å². The summed E-state index contributed by atoms with van der Waals surface area (Å²) in [7, 11) is 0. The number of rotatable bonds is 5. The molecule has 0 fully saturated rings. The zero-order valence-electron chi connectivity index (χ0n) is 11.9. The molecule has 0 amide bonds. The summed E-state index contributed by atoms with van der Waals surface area (Å²) in [6, 6.07) is 7.32. The Bertz CT molecular complexity index is 797. The number of amidine groups is 1. The highest BCUT2D eigenvalue weighted by Gasteiger charge is 2.14. The van der Waals surface area contributed by atoms with Crippen molar-refractivity contribution in [1.29, 1.82) is 5.41 Å². The number of nitrogens with zero attached hydrogens (tertiary/aromatic N) is 3. The standard InChI is InChI=1S/C14H15N5O3/c1-2-6-18-14(20)11(13(15)16)8-12(17-18)9-4-3-5-10(7-9)19(21)22/h3-5,7-8H,2,6H2,1H3,(H3,15,16). The van der Waals surface area contributed by atoms with Gasteiger partial charge < -0.3 is 5.73 Å². The quantitative estimate of drug-likeness (QED) is 0.374. The van der Waals surface area contributed by atoms with Gasteiger partial charge in [0.15, 0.2) is 0 Å². The second-order valence-corrected chi connectivity index (χ2v) is 4.69. The molecule has 114 valence electrons. The van der Waals surface area contributed by atoms with Gasteiger partial charge in [0.2, 0.25) is 0 Å². The molecule has 1 aromatic carbocycles. The summed E-state index contributed by atoms with van der Waals surface area (Å²) in [6.45, 7) is 2.27. The lowest BCUT2D eigenvalue weighted by molar-refractivity contribution is -0.384. The molecule has 8 heteroatoms. The number of nitrogens with one attached hydrogen (secondary N) is 1. The summed E-state index contributed by atoms with van der Waals surface area (Å²) in [4.78, 5) is 22.5. The van der Waals surface area contributed by atoms with Gasteiger partial charge in [-0.1, -0.05) is 19.1 Å². The Balaban J connectivity index is 2.64. The van der Waals surface area contributed by atoms with E-state index in [0.717, 1.165) is 0 Å². The van der Waals surface area contributed by atoms with Gasteiger partial charge in [0, 0.05) is 24.2 Å². The van der Waals surface area contributed by atoms with Gasteiger partial charge >= 0.3 is 0 Å². The largest absolute Gasteiger partial charge is 0.384 e. The van der Waals surface area contributed by atoms with Crippen molar-refractivity contribution >= 4 is 11.5 Å². The van der Waals surface area contributed by atoms with Crippen LogP contribution in [0.25, 0.3) is 11.3 Å². The summed E-state index contributed by atoms with van der Waals surface area (Å²) in [5.74, 6) is -0.357.